The van der Waals surface area contributed by atoms with Crippen molar-refractivity contribution in [1.29, 1.82) is 0 Å². The summed E-state index contributed by atoms with van der Waals surface area (Å²) in [5.74, 6) is 2.19. The Labute approximate surface area is 81.7 Å². The molecule has 1 N–H and O–H groups in total. The Hall–Kier alpha value is -0.340. The molecule has 0 radical (unpaired) electrons. The van der Waals surface area contributed by atoms with Crippen molar-refractivity contribution in [3.63, 3.8) is 0 Å². The molecule has 12 heavy (non-hydrogen) atoms. The maximum atomic E-state index is 9.26. The number of phenolic OH excluding ortho intramolecular Hbond substituents is 1. The Morgan fingerprint density at radius 1 is 1.50 bits per heavy atom. The van der Waals surface area contributed by atoms with Gasteiger partial charge in [0.1, 0.15) is 5.75 Å². The monoisotopic (exact) mass is 202 g/mol. The molecule has 0 aliphatic heterocycles. The Morgan fingerprint density at radius 3 is 2.83 bits per heavy atom. The van der Waals surface area contributed by atoms with Crippen LogP contribution in [0.15, 0.2) is 18.2 Å². The molecule has 3 heteroatoms. The zero-order chi connectivity index (χ0) is 8.97. The number of halogens is 1. The summed E-state index contributed by atoms with van der Waals surface area (Å²) >= 11 is 7.48. The van der Waals surface area contributed by atoms with Crippen molar-refractivity contribution in [2.45, 2.75) is 12.7 Å². The summed E-state index contributed by atoms with van der Waals surface area (Å²) in [4.78, 5) is 0. The topological polar surface area (TPSA) is 20.2 Å². The van der Waals surface area contributed by atoms with Crippen LogP contribution >= 0.6 is 23.4 Å². The molecular weight excluding hydrogens is 192 g/mol. The van der Waals surface area contributed by atoms with E-state index < -0.39 is 0 Å². The summed E-state index contributed by atoms with van der Waals surface area (Å²) in [7, 11) is 0. The van der Waals surface area contributed by atoms with Gasteiger partial charge in [0.25, 0.3) is 0 Å². The third kappa shape index (κ3) is 2.61. The minimum atomic E-state index is 0.172. The molecule has 0 fully saturated rings. The SMILES string of the molecule is CCSCc1ccc(Cl)c(O)c1. The fraction of sp³-hybridized carbons (Fsp3) is 0.333. The van der Waals surface area contributed by atoms with Crippen molar-refractivity contribution in [2.24, 2.45) is 0 Å². The van der Waals surface area contributed by atoms with Gasteiger partial charge in [-0.1, -0.05) is 24.6 Å². The molecule has 0 aliphatic rings. The van der Waals surface area contributed by atoms with Gasteiger partial charge in [-0.3, -0.25) is 0 Å². The molecular formula is C9H11ClOS. The molecule has 1 rings (SSSR count). The van der Waals surface area contributed by atoms with Gasteiger partial charge in [0.15, 0.2) is 0 Å². The lowest BCUT2D eigenvalue weighted by atomic mass is 10.2. The van der Waals surface area contributed by atoms with Crippen LogP contribution in [0.3, 0.4) is 0 Å². The average Bonchev–Trinajstić information content (AvgIpc) is 2.07. The van der Waals surface area contributed by atoms with Gasteiger partial charge in [0.05, 0.1) is 5.02 Å². The first kappa shape index (κ1) is 9.75. The van der Waals surface area contributed by atoms with Crippen molar-refractivity contribution < 1.29 is 5.11 Å². The van der Waals surface area contributed by atoms with Gasteiger partial charge in [-0.15, -0.1) is 0 Å². The smallest absolute Gasteiger partial charge is 0.134 e. The van der Waals surface area contributed by atoms with Crippen LogP contribution in [0.4, 0.5) is 0 Å². The zero-order valence-electron chi connectivity index (χ0n) is 6.88. The van der Waals surface area contributed by atoms with Crippen molar-refractivity contribution in [1.82, 2.24) is 0 Å². The van der Waals surface area contributed by atoms with Crippen molar-refractivity contribution >= 4 is 23.4 Å². The summed E-state index contributed by atoms with van der Waals surface area (Å²) in [6.07, 6.45) is 0. The third-order valence-corrected chi connectivity index (χ3v) is 2.75. The summed E-state index contributed by atoms with van der Waals surface area (Å²) in [6.45, 7) is 2.11. The lowest BCUT2D eigenvalue weighted by molar-refractivity contribution is 0.475. The Kier molecular flexibility index (Phi) is 3.76. The highest BCUT2D eigenvalue weighted by atomic mass is 35.5. The highest BCUT2D eigenvalue weighted by Gasteiger charge is 1.98. The molecule has 1 nitrogen and oxygen atoms in total. The zero-order valence-corrected chi connectivity index (χ0v) is 8.45. The molecule has 0 unspecified atom stereocenters. The molecule has 66 valence electrons. The van der Waals surface area contributed by atoms with Crippen molar-refractivity contribution in [2.75, 3.05) is 5.75 Å². The van der Waals surface area contributed by atoms with Gasteiger partial charge in [0, 0.05) is 5.75 Å². The summed E-state index contributed by atoms with van der Waals surface area (Å²) in [5.41, 5.74) is 1.11. The first-order chi connectivity index (χ1) is 5.74. The largest absolute Gasteiger partial charge is 0.506 e. The number of hydrogen-bond donors (Lipinski definition) is 1. The van der Waals surface area contributed by atoms with Crippen LogP contribution in [-0.4, -0.2) is 10.9 Å². The van der Waals surface area contributed by atoms with Gasteiger partial charge in [-0.2, -0.15) is 11.8 Å². The molecule has 0 heterocycles. The van der Waals surface area contributed by atoms with Gasteiger partial charge < -0.3 is 5.11 Å². The van der Waals surface area contributed by atoms with Gasteiger partial charge in [-0.25, -0.2) is 0 Å². The second-order valence-electron chi connectivity index (χ2n) is 2.42. The summed E-state index contributed by atoms with van der Waals surface area (Å²) in [6, 6.07) is 5.37. The maximum Gasteiger partial charge on any atom is 0.134 e. The van der Waals surface area contributed by atoms with Gasteiger partial charge >= 0.3 is 0 Å². The molecule has 1 aromatic rings. The molecule has 0 aliphatic carbocycles. The van der Waals surface area contributed by atoms with E-state index in [4.69, 9.17) is 11.6 Å². The van der Waals surface area contributed by atoms with Crippen molar-refractivity contribution in [3.05, 3.63) is 28.8 Å². The molecule has 0 saturated heterocycles. The maximum absolute atomic E-state index is 9.26. The van der Waals surface area contributed by atoms with Crippen LogP contribution in [0.2, 0.25) is 5.02 Å². The van der Waals surface area contributed by atoms with Crippen LogP contribution < -0.4 is 0 Å². The fourth-order valence-corrected chi connectivity index (χ4v) is 1.60. The average molecular weight is 203 g/mol. The predicted molar refractivity (Wildman–Crippen MR) is 55.0 cm³/mol. The summed E-state index contributed by atoms with van der Waals surface area (Å²) in [5, 5.41) is 9.68. The van der Waals surface area contributed by atoms with Crippen LogP contribution in [0.25, 0.3) is 0 Å². The quantitative estimate of drug-likeness (QED) is 0.812. The molecule has 0 aromatic heterocycles. The lowest BCUT2D eigenvalue weighted by Crippen LogP contribution is -1.80. The predicted octanol–water partition coefficient (Wildman–Crippen LogP) is 3.30. The van der Waals surface area contributed by atoms with E-state index in [1.165, 1.54) is 0 Å². The van der Waals surface area contributed by atoms with Gasteiger partial charge in [-0.05, 0) is 23.4 Å². The van der Waals surface area contributed by atoms with Crippen molar-refractivity contribution in [3.8, 4) is 5.75 Å². The van der Waals surface area contributed by atoms with E-state index in [-0.39, 0.29) is 5.75 Å². The lowest BCUT2D eigenvalue weighted by Gasteiger charge is -2.01. The van der Waals surface area contributed by atoms with E-state index in [9.17, 15) is 5.11 Å². The van der Waals surface area contributed by atoms with E-state index in [2.05, 4.69) is 6.92 Å². The Morgan fingerprint density at radius 2 is 2.25 bits per heavy atom. The molecule has 0 amide bonds. The number of rotatable bonds is 3. The number of benzene rings is 1. The van der Waals surface area contributed by atoms with E-state index in [0.717, 1.165) is 17.1 Å². The number of phenols is 1. The van der Waals surface area contributed by atoms with Crippen LogP contribution in [-0.2, 0) is 5.75 Å². The molecule has 0 bridgehead atoms. The van der Waals surface area contributed by atoms with E-state index in [0.29, 0.717) is 5.02 Å². The van der Waals surface area contributed by atoms with E-state index in [1.807, 2.05) is 17.8 Å². The van der Waals surface area contributed by atoms with E-state index in [1.54, 1.807) is 12.1 Å². The number of aromatic hydroxyl groups is 1. The minimum Gasteiger partial charge on any atom is -0.506 e. The molecule has 0 atom stereocenters. The Bertz CT molecular complexity index is 263. The van der Waals surface area contributed by atoms with Crippen LogP contribution in [0, 0.1) is 0 Å². The normalized spacial score (nSPS) is 10.2. The number of hydrogen-bond acceptors (Lipinski definition) is 2. The minimum absolute atomic E-state index is 0.172. The van der Waals surface area contributed by atoms with Crippen LogP contribution in [0.5, 0.6) is 5.75 Å². The highest BCUT2D eigenvalue weighted by Crippen LogP contribution is 2.25. The molecule has 0 spiro atoms. The second-order valence-corrected chi connectivity index (χ2v) is 4.10. The third-order valence-electron chi connectivity index (χ3n) is 1.48. The molecule has 0 saturated carbocycles. The van der Waals surface area contributed by atoms with Crippen LogP contribution in [0.1, 0.15) is 12.5 Å². The summed E-state index contributed by atoms with van der Waals surface area (Å²) < 4.78 is 0. The highest BCUT2D eigenvalue weighted by molar-refractivity contribution is 7.98. The Balaban J connectivity index is 2.69. The number of thioether (sulfide) groups is 1. The first-order valence-electron chi connectivity index (χ1n) is 3.79. The molecule has 1 aromatic carbocycles. The first-order valence-corrected chi connectivity index (χ1v) is 5.32. The van der Waals surface area contributed by atoms with E-state index >= 15 is 0 Å². The van der Waals surface area contributed by atoms with Gasteiger partial charge in [0.2, 0.25) is 0 Å². The second kappa shape index (κ2) is 4.63. The standard InChI is InChI=1S/C9H11ClOS/c1-2-12-6-7-3-4-8(10)9(11)5-7/h3-5,11H,2,6H2,1H3. The fourth-order valence-electron chi connectivity index (χ4n) is 0.868.